The van der Waals surface area contributed by atoms with Crippen molar-refractivity contribution in [3.63, 3.8) is 0 Å². The minimum atomic E-state index is -2.76. The van der Waals surface area contributed by atoms with E-state index in [0.29, 0.717) is 43.5 Å². The Bertz CT molecular complexity index is 1030. The molecule has 1 amide bonds. The molecule has 0 aliphatic carbocycles. The van der Waals surface area contributed by atoms with E-state index in [9.17, 15) is 13.9 Å². The molecule has 1 fully saturated rings. The molecule has 10 nitrogen and oxygen atoms in total. The van der Waals surface area contributed by atoms with Crippen molar-refractivity contribution in [1.29, 1.82) is 0 Å². The summed E-state index contributed by atoms with van der Waals surface area (Å²) in [5.74, 6) is 0.919. The van der Waals surface area contributed by atoms with Gasteiger partial charge in [-0.2, -0.15) is 10.6 Å². The lowest BCUT2D eigenvalue weighted by molar-refractivity contribution is 0.102. The summed E-state index contributed by atoms with van der Waals surface area (Å²) in [6.45, 7) is 2.63. The lowest BCUT2D eigenvalue weighted by Crippen LogP contribution is -2.37. The highest BCUT2D eigenvalue weighted by atomic mass is 32.3. The average molecular weight is 463 g/mol. The maximum atomic E-state index is 12.1. The Labute approximate surface area is 184 Å². The third kappa shape index (κ3) is 5.74. The zero-order valence-corrected chi connectivity index (χ0v) is 18.4. The molecule has 0 unspecified atom stereocenters. The van der Waals surface area contributed by atoms with Crippen molar-refractivity contribution in [3.05, 3.63) is 47.1 Å². The van der Waals surface area contributed by atoms with Gasteiger partial charge in [-0.1, -0.05) is 4.49 Å². The van der Waals surface area contributed by atoms with Gasteiger partial charge in [-0.25, -0.2) is 9.97 Å². The van der Waals surface area contributed by atoms with Gasteiger partial charge in [0.25, 0.3) is 5.91 Å². The molecule has 1 aromatic carbocycles. The molecule has 0 radical (unpaired) electrons. The normalized spacial score (nSPS) is 15.0. The van der Waals surface area contributed by atoms with E-state index in [1.54, 1.807) is 35.7 Å². The SMILES string of the molecule is CS(O)(O)Cc1cc(N2CCOCC2)nc(-c2ccc(NC(=O)c3csnn3)cc2)n1. The fourth-order valence-electron chi connectivity index (χ4n) is 3.08. The van der Waals surface area contributed by atoms with Crippen LogP contribution in [0.5, 0.6) is 0 Å². The van der Waals surface area contributed by atoms with Gasteiger partial charge in [0.05, 0.1) is 24.7 Å². The molecule has 3 N–H and O–H groups in total. The minimum absolute atomic E-state index is 0.0513. The predicted octanol–water partition coefficient (Wildman–Crippen LogP) is 2.96. The van der Waals surface area contributed by atoms with Crippen molar-refractivity contribution in [2.24, 2.45) is 0 Å². The van der Waals surface area contributed by atoms with E-state index in [1.165, 1.54) is 6.26 Å². The topological polar surface area (TPSA) is 134 Å². The molecule has 31 heavy (non-hydrogen) atoms. The minimum Gasteiger partial charge on any atom is -0.378 e. The first kappa shape index (κ1) is 21.6. The number of ether oxygens (including phenoxy) is 1. The number of hydrogen-bond acceptors (Lipinski definition) is 10. The number of carbonyl (C=O) groups is 1. The molecule has 3 aromatic rings. The van der Waals surface area contributed by atoms with Crippen LogP contribution < -0.4 is 10.2 Å². The number of amides is 1. The molecular formula is C19H22N6O4S2. The molecule has 2 aromatic heterocycles. The first-order valence-corrected chi connectivity index (χ1v) is 12.4. The second-order valence-corrected chi connectivity index (χ2v) is 9.99. The Hall–Kier alpha value is -2.64. The van der Waals surface area contributed by atoms with Crippen LogP contribution in [0.2, 0.25) is 0 Å². The Morgan fingerprint density at radius 3 is 2.61 bits per heavy atom. The van der Waals surface area contributed by atoms with Crippen molar-refractivity contribution in [3.8, 4) is 11.4 Å². The van der Waals surface area contributed by atoms with Crippen molar-refractivity contribution < 1.29 is 18.6 Å². The van der Waals surface area contributed by atoms with E-state index in [0.717, 1.165) is 22.9 Å². The summed E-state index contributed by atoms with van der Waals surface area (Å²) in [5, 5.41) is 8.10. The van der Waals surface area contributed by atoms with E-state index in [2.05, 4.69) is 29.8 Å². The molecule has 0 saturated carbocycles. The summed E-state index contributed by atoms with van der Waals surface area (Å²) < 4.78 is 29.0. The number of benzene rings is 1. The molecule has 1 saturated heterocycles. The van der Waals surface area contributed by atoms with Crippen LogP contribution in [0.3, 0.4) is 0 Å². The zero-order valence-electron chi connectivity index (χ0n) is 16.8. The lowest BCUT2D eigenvalue weighted by atomic mass is 10.2. The van der Waals surface area contributed by atoms with Gasteiger partial charge in [0.15, 0.2) is 11.5 Å². The van der Waals surface area contributed by atoms with E-state index in [-0.39, 0.29) is 17.4 Å². The third-order valence-corrected chi connectivity index (χ3v) is 5.86. The van der Waals surface area contributed by atoms with Crippen LogP contribution in [0.25, 0.3) is 11.4 Å². The number of carbonyl (C=O) groups excluding carboxylic acids is 1. The highest BCUT2D eigenvalue weighted by Gasteiger charge is 2.18. The van der Waals surface area contributed by atoms with E-state index in [1.807, 2.05) is 0 Å². The second-order valence-electron chi connectivity index (χ2n) is 7.10. The lowest BCUT2D eigenvalue weighted by Gasteiger charge is -2.30. The summed E-state index contributed by atoms with van der Waals surface area (Å²) in [6, 6.07) is 8.92. The van der Waals surface area contributed by atoms with Crippen LogP contribution in [0.1, 0.15) is 16.2 Å². The predicted molar refractivity (Wildman–Crippen MR) is 121 cm³/mol. The Kier molecular flexibility index (Phi) is 6.43. The van der Waals surface area contributed by atoms with Gasteiger partial charge in [-0.3, -0.25) is 13.9 Å². The monoisotopic (exact) mass is 462 g/mol. The number of aromatic nitrogens is 4. The van der Waals surface area contributed by atoms with Gasteiger partial charge in [0, 0.05) is 42.0 Å². The fourth-order valence-corrected chi connectivity index (χ4v) is 4.23. The van der Waals surface area contributed by atoms with Gasteiger partial charge >= 0.3 is 0 Å². The zero-order chi connectivity index (χ0) is 21.8. The van der Waals surface area contributed by atoms with E-state index >= 15 is 0 Å². The van der Waals surface area contributed by atoms with Gasteiger partial charge in [-0.15, -0.1) is 5.10 Å². The van der Waals surface area contributed by atoms with Crippen LogP contribution in [0.15, 0.2) is 35.7 Å². The van der Waals surface area contributed by atoms with Gasteiger partial charge in [0.2, 0.25) is 0 Å². The maximum absolute atomic E-state index is 12.1. The van der Waals surface area contributed by atoms with Gasteiger partial charge in [-0.05, 0) is 35.8 Å². The number of nitrogens with zero attached hydrogens (tertiary/aromatic N) is 5. The summed E-state index contributed by atoms with van der Waals surface area (Å²) in [7, 11) is -2.76. The molecule has 12 heteroatoms. The van der Waals surface area contributed by atoms with Crippen LogP contribution >= 0.6 is 22.1 Å². The molecular weight excluding hydrogens is 440 g/mol. The molecule has 1 aliphatic rings. The van der Waals surface area contributed by atoms with Crippen LogP contribution in [0.4, 0.5) is 11.5 Å². The highest BCUT2D eigenvalue weighted by Crippen LogP contribution is 2.38. The molecule has 0 bridgehead atoms. The largest absolute Gasteiger partial charge is 0.378 e. The standard InChI is InChI=1S/C19H22N6O4S2/c1-31(27,28)12-15-10-17(25-6-8-29-9-7-25)22-18(20-15)13-2-4-14(5-3-13)21-19(26)16-11-30-24-23-16/h2-5,10-11,27-28H,6-9,12H2,1H3,(H,21,26). The summed E-state index contributed by atoms with van der Waals surface area (Å²) in [6.07, 6.45) is 1.40. The van der Waals surface area contributed by atoms with Gasteiger partial charge < -0.3 is 15.0 Å². The Morgan fingerprint density at radius 2 is 1.97 bits per heavy atom. The first-order chi connectivity index (χ1) is 14.9. The second kappa shape index (κ2) is 9.24. The van der Waals surface area contributed by atoms with Crippen LogP contribution in [0, 0.1) is 0 Å². The van der Waals surface area contributed by atoms with E-state index < -0.39 is 10.6 Å². The number of nitrogens with one attached hydrogen (secondary N) is 1. The molecule has 164 valence electrons. The van der Waals surface area contributed by atoms with E-state index in [4.69, 9.17) is 4.74 Å². The highest BCUT2D eigenvalue weighted by molar-refractivity contribution is 8.23. The molecule has 0 spiro atoms. The van der Waals surface area contributed by atoms with Gasteiger partial charge in [0.1, 0.15) is 5.82 Å². The quantitative estimate of drug-likeness (QED) is 0.505. The number of anilines is 2. The average Bonchev–Trinajstić information content (AvgIpc) is 3.29. The summed E-state index contributed by atoms with van der Waals surface area (Å²) in [4.78, 5) is 23.5. The number of rotatable bonds is 6. The maximum Gasteiger partial charge on any atom is 0.277 e. The fraction of sp³-hybridized carbons (Fsp3) is 0.316. The third-order valence-electron chi connectivity index (χ3n) is 4.52. The van der Waals surface area contributed by atoms with Crippen molar-refractivity contribution in [2.45, 2.75) is 5.75 Å². The Balaban J connectivity index is 1.59. The molecule has 3 heterocycles. The smallest absolute Gasteiger partial charge is 0.277 e. The van der Waals surface area contributed by atoms with Crippen molar-refractivity contribution >= 4 is 39.5 Å². The summed E-state index contributed by atoms with van der Waals surface area (Å²) >= 11 is 1.11. The first-order valence-electron chi connectivity index (χ1n) is 9.48. The van der Waals surface area contributed by atoms with Crippen LogP contribution in [-0.2, 0) is 10.5 Å². The van der Waals surface area contributed by atoms with Crippen molar-refractivity contribution in [2.75, 3.05) is 42.8 Å². The summed E-state index contributed by atoms with van der Waals surface area (Å²) in [5.41, 5.74) is 2.17. The number of hydrogen-bond donors (Lipinski definition) is 3. The molecule has 0 atom stereocenters. The molecule has 4 rings (SSSR count). The number of morpholine rings is 1. The molecule has 1 aliphatic heterocycles. The van der Waals surface area contributed by atoms with Crippen LogP contribution in [-0.4, -0.2) is 67.1 Å². The van der Waals surface area contributed by atoms with Crippen molar-refractivity contribution in [1.82, 2.24) is 19.6 Å². The Morgan fingerprint density at radius 1 is 1.23 bits per heavy atom.